The van der Waals surface area contributed by atoms with Crippen LogP contribution in [0.15, 0.2) is 11.6 Å². The van der Waals surface area contributed by atoms with E-state index in [1.165, 1.54) is 17.8 Å². The number of aromatic nitrogens is 1. The Kier molecular flexibility index (Phi) is 4.11. The molecule has 4 heteroatoms. The molecule has 1 aromatic heterocycles. The van der Waals surface area contributed by atoms with Gasteiger partial charge in [0.05, 0.1) is 6.54 Å². The lowest BCUT2D eigenvalue weighted by atomic mass is 10.3. The molecule has 0 amide bonds. The number of nitrogens with zero attached hydrogens (tertiary/aromatic N) is 2. The Morgan fingerprint density at radius 3 is 2.93 bits per heavy atom. The molecule has 0 bridgehead atoms. The number of unbranched alkanes of at least 4 members (excludes halogenated alkanes) is 1. The van der Waals surface area contributed by atoms with Crippen molar-refractivity contribution in [2.24, 2.45) is 0 Å². The second-order valence-corrected chi connectivity index (χ2v) is 5.04. The van der Waals surface area contributed by atoms with Gasteiger partial charge in [-0.1, -0.05) is 0 Å². The standard InChI is InChI=1S/C11H18N2OS/c14-7-2-1-6-13(10-3-4-10)9-11-12-5-8-15-11/h5,8,10,14H,1-4,6-7,9H2. The fourth-order valence-electron chi connectivity index (χ4n) is 1.76. The molecule has 1 aliphatic rings. The van der Waals surface area contributed by atoms with Gasteiger partial charge in [-0.05, 0) is 32.2 Å². The normalized spacial score (nSPS) is 16.1. The van der Waals surface area contributed by atoms with Crippen molar-refractivity contribution in [2.75, 3.05) is 13.2 Å². The molecule has 84 valence electrons. The SMILES string of the molecule is OCCCCN(Cc1nccs1)C1CC1. The molecule has 1 N–H and O–H groups in total. The molecule has 1 fully saturated rings. The largest absolute Gasteiger partial charge is 0.396 e. The second-order valence-electron chi connectivity index (χ2n) is 4.06. The van der Waals surface area contributed by atoms with Crippen LogP contribution >= 0.6 is 11.3 Å². The fourth-order valence-corrected chi connectivity index (χ4v) is 2.40. The smallest absolute Gasteiger partial charge is 0.107 e. The van der Waals surface area contributed by atoms with E-state index in [-0.39, 0.29) is 0 Å². The van der Waals surface area contributed by atoms with E-state index < -0.39 is 0 Å². The molecule has 1 aliphatic carbocycles. The van der Waals surface area contributed by atoms with E-state index in [0.29, 0.717) is 6.61 Å². The first kappa shape index (κ1) is 11.0. The maximum Gasteiger partial charge on any atom is 0.107 e. The van der Waals surface area contributed by atoms with E-state index in [9.17, 15) is 0 Å². The molecule has 15 heavy (non-hydrogen) atoms. The Labute approximate surface area is 94.8 Å². The van der Waals surface area contributed by atoms with Gasteiger partial charge in [-0.2, -0.15) is 0 Å². The third-order valence-electron chi connectivity index (χ3n) is 2.74. The van der Waals surface area contributed by atoms with Crippen LogP contribution in [0.1, 0.15) is 30.7 Å². The van der Waals surface area contributed by atoms with E-state index in [0.717, 1.165) is 32.0 Å². The summed E-state index contributed by atoms with van der Waals surface area (Å²) in [6.45, 7) is 2.41. The van der Waals surface area contributed by atoms with Gasteiger partial charge in [0.15, 0.2) is 0 Å². The van der Waals surface area contributed by atoms with Crippen LogP contribution in [0.2, 0.25) is 0 Å². The number of hydrogen-bond donors (Lipinski definition) is 1. The summed E-state index contributed by atoms with van der Waals surface area (Å²) in [6.07, 6.45) is 6.56. The summed E-state index contributed by atoms with van der Waals surface area (Å²) in [5.74, 6) is 0. The summed E-state index contributed by atoms with van der Waals surface area (Å²) in [5, 5.41) is 12.0. The summed E-state index contributed by atoms with van der Waals surface area (Å²) in [5.41, 5.74) is 0. The zero-order valence-electron chi connectivity index (χ0n) is 8.93. The van der Waals surface area contributed by atoms with Gasteiger partial charge in [-0.15, -0.1) is 11.3 Å². The third kappa shape index (κ3) is 3.55. The lowest BCUT2D eigenvalue weighted by Crippen LogP contribution is -2.26. The van der Waals surface area contributed by atoms with E-state index in [2.05, 4.69) is 9.88 Å². The summed E-state index contributed by atoms with van der Waals surface area (Å²) >= 11 is 1.73. The maximum absolute atomic E-state index is 8.76. The van der Waals surface area contributed by atoms with Crippen molar-refractivity contribution in [1.29, 1.82) is 0 Å². The predicted molar refractivity (Wildman–Crippen MR) is 61.9 cm³/mol. The lowest BCUT2D eigenvalue weighted by molar-refractivity contribution is 0.228. The van der Waals surface area contributed by atoms with Crippen molar-refractivity contribution < 1.29 is 5.11 Å². The highest BCUT2D eigenvalue weighted by Gasteiger charge is 2.28. The predicted octanol–water partition coefficient (Wildman–Crippen LogP) is 1.88. The number of thiazole rings is 1. The van der Waals surface area contributed by atoms with Crippen LogP contribution < -0.4 is 0 Å². The molecule has 1 aromatic rings. The van der Waals surface area contributed by atoms with E-state index in [4.69, 9.17) is 5.11 Å². The highest BCUT2D eigenvalue weighted by atomic mass is 32.1. The minimum Gasteiger partial charge on any atom is -0.396 e. The summed E-state index contributed by atoms with van der Waals surface area (Å²) in [6, 6.07) is 0.785. The molecule has 2 rings (SSSR count). The summed E-state index contributed by atoms with van der Waals surface area (Å²) < 4.78 is 0. The molecule has 0 spiro atoms. The number of aliphatic hydroxyl groups excluding tert-OH is 1. The quantitative estimate of drug-likeness (QED) is 0.721. The summed E-state index contributed by atoms with van der Waals surface area (Å²) in [4.78, 5) is 6.83. The molecule has 1 heterocycles. The molecule has 0 unspecified atom stereocenters. The van der Waals surface area contributed by atoms with Gasteiger partial charge in [0.2, 0.25) is 0 Å². The Hall–Kier alpha value is -0.450. The molecule has 0 saturated heterocycles. The average molecular weight is 226 g/mol. The lowest BCUT2D eigenvalue weighted by Gasteiger charge is -2.20. The van der Waals surface area contributed by atoms with Gasteiger partial charge in [-0.3, -0.25) is 4.90 Å². The molecule has 0 atom stereocenters. The van der Waals surface area contributed by atoms with Gasteiger partial charge in [0.25, 0.3) is 0 Å². The molecule has 0 aliphatic heterocycles. The van der Waals surface area contributed by atoms with Gasteiger partial charge >= 0.3 is 0 Å². The van der Waals surface area contributed by atoms with Crippen LogP contribution in [0.5, 0.6) is 0 Å². The van der Waals surface area contributed by atoms with Gasteiger partial charge in [0, 0.05) is 24.2 Å². The molecule has 3 nitrogen and oxygen atoms in total. The second kappa shape index (κ2) is 5.58. The van der Waals surface area contributed by atoms with Crippen LogP contribution in [-0.2, 0) is 6.54 Å². The van der Waals surface area contributed by atoms with Crippen molar-refractivity contribution in [1.82, 2.24) is 9.88 Å². The highest BCUT2D eigenvalue weighted by molar-refractivity contribution is 7.09. The van der Waals surface area contributed by atoms with Gasteiger partial charge < -0.3 is 5.11 Å². The van der Waals surface area contributed by atoms with Crippen molar-refractivity contribution in [3.05, 3.63) is 16.6 Å². The van der Waals surface area contributed by atoms with E-state index in [1.807, 2.05) is 11.6 Å². The van der Waals surface area contributed by atoms with Crippen molar-refractivity contribution >= 4 is 11.3 Å². The monoisotopic (exact) mass is 226 g/mol. The molecular weight excluding hydrogens is 208 g/mol. The van der Waals surface area contributed by atoms with E-state index >= 15 is 0 Å². The minimum atomic E-state index is 0.315. The van der Waals surface area contributed by atoms with Crippen LogP contribution in [0.4, 0.5) is 0 Å². The Morgan fingerprint density at radius 1 is 1.47 bits per heavy atom. The number of rotatable bonds is 7. The fraction of sp³-hybridized carbons (Fsp3) is 0.727. The number of aliphatic hydroxyl groups is 1. The van der Waals surface area contributed by atoms with Crippen LogP contribution in [0.3, 0.4) is 0 Å². The first-order valence-corrected chi connectivity index (χ1v) is 6.51. The van der Waals surface area contributed by atoms with Crippen LogP contribution in [0.25, 0.3) is 0 Å². The van der Waals surface area contributed by atoms with Crippen LogP contribution in [0, 0.1) is 0 Å². The molecule has 0 aromatic carbocycles. The Balaban J connectivity index is 1.78. The summed E-state index contributed by atoms with van der Waals surface area (Å²) in [7, 11) is 0. The molecular formula is C11H18N2OS. The first-order valence-electron chi connectivity index (χ1n) is 5.63. The Morgan fingerprint density at radius 2 is 2.33 bits per heavy atom. The minimum absolute atomic E-state index is 0.315. The third-order valence-corrected chi connectivity index (χ3v) is 3.50. The van der Waals surface area contributed by atoms with Crippen molar-refractivity contribution in [2.45, 2.75) is 38.3 Å². The number of hydrogen-bond acceptors (Lipinski definition) is 4. The van der Waals surface area contributed by atoms with Crippen molar-refractivity contribution in [3.8, 4) is 0 Å². The van der Waals surface area contributed by atoms with Crippen molar-refractivity contribution in [3.63, 3.8) is 0 Å². The molecule has 1 saturated carbocycles. The zero-order chi connectivity index (χ0) is 10.5. The average Bonchev–Trinajstić information content (AvgIpc) is 2.97. The maximum atomic E-state index is 8.76. The zero-order valence-corrected chi connectivity index (χ0v) is 9.75. The molecule has 0 radical (unpaired) electrons. The van der Waals surface area contributed by atoms with Gasteiger partial charge in [0.1, 0.15) is 5.01 Å². The first-order chi connectivity index (χ1) is 7.40. The van der Waals surface area contributed by atoms with E-state index in [1.54, 1.807) is 11.3 Å². The topological polar surface area (TPSA) is 36.4 Å². The van der Waals surface area contributed by atoms with Crippen LogP contribution in [-0.4, -0.2) is 34.2 Å². The highest BCUT2D eigenvalue weighted by Crippen LogP contribution is 2.28. The Bertz CT molecular complexity index is 272. The van der Waals surface area contributed by atoms with Gasteiger partial charge in [-0.25, -0.2) is 4.98 Å².